The van der Waals surface area contributed by atoms with E-state index in [4.69, 9.17) is 4.74 Å². The Morgan fingerprint density at radius 2 is 2.28 bits per heavy atom. The lowest BCUT2D eigenvalue weighted by Gasteiger charge is -2.30. The Morgan fingerprint density at radius 3 is 2.94 bits per heavy atom. The van der Waals surface area contributed by atoms with Gasteiger partial charge in [0, 0.05) is 13.6 Å². The Bertz CT molecular complexity index is 462. The first kappa shape index (κ1) is 12.9. The van der Waals surface area contributed by atoms with Crippen molar-refractivity contribution in [2.45, 2.75) is 19.1 Å². The predicted molar refractivity (Wildman–Crippen MR) is 68.8 cm³/mol. The van der Waals surface area contributed by atoms with Crippen LogP contribution >= 0.6 is 0 Å². The van der Waals surface area contributed by atoms with E-state index >= 15 is 0 Å². The molecule has 0 aliphatic carbocycles. The summed E-state index contributed by atoms with van der Waals surface area (Å²) in [7, 11) is 3.50. The first-order valence-electron chi connectivity index (χ1n) is 5.95. The molecule has 1 aliphatic heterocycles. The molecule has 0 radical (unpaired) electrons. The molecule has 2 rings (SSSR count). The molecular weight excluding hydrogens is 232 g/mol. The van der Waals surface area contributed by atoms with Crippen molar-refractivity contribution in [3.63, 3.8) is 0 Å². The zero-order valence-electron chi connectivity index (χ0n) is 10.8. The second-order valence-corrected chi connectivity index (χ2v) is 4.46. The third-order valence-electron chi connectivity index (χ3n) is 3.11. The first-order valence-corrected chi connectivity index (χ1v) is 5.95. The molecule has 0 aromatic heterocycles. The number of benzene rings is 1. The summed E-state index contributed by atoms with van der Waals surface area (Å²) in [6, 6.07) is 5.40. The molecule has 1 aliphatic rings. The second kappa shape index (κ2) is 4.96. The lowest BCUT2D eigenvalue weighted by atomic mass is 10.1. The topological polar surface area (TPSA) is 61.8 Å². The summed E-state index contributed by atoms with van der Waals surface area (Å²) in [4.78, 5) is 13.4. The summed E-state index contributed by atoms with van der Waals surface area (Å²) in [5.41, 5.74) is 1.46. The summed E-state index contributed by atoms with van der Waals surface area (Å²) in [6.45, 7) is 2.19. The molecule has 2 atom stereocenters. The van der Waals surface area contributed by atoms with Gasteiger partial charge in [-0.3, -0.25) is 4.79 Å². The monoisotopic (exact) mass is 250 g/mol. The first-order chi connectivity index (χ1) is 8.54. The summed E-state index contributed by atoms with van der Waals surface area (Å²) in [5, 5.41) is 12.8. The largest absolute Gasteiger partial charge is 0.479 e. The van der Waals surface area contributed by atoms with Crippen molar-refractivity contribution in [3.8, 4) is 5.75 Å². The van der Waals surface area contributed by atoms with Crippen LogP contribution in [-0.2, 0) is 4.79 Å². The highest BCUT2D eigenvalue weighted by Gasteiger charge is 2.29. The summed E-state index contributed by atoms with van der Waals surface area (Å²) in [5.74, 6) is 0.591. The molecule has 18 heavy (non-hydrogen) atoms. The standard InChI is InChI=1S/C13H18N2O3/c1-8-13(17)15(3)10-6-9(11(16)7-14-2)4-5-12(10)18-8/h4-6,8,11,14,16H,7H2,1-3H3. The van der Waals surface area contributed by atoms with Crippen LogP contribution in [0.4, 0.5) is 5.69 Å². The molecule has 5 heteroatoms. The number of carbonyl (C=O) groups is 1. The Hall–Kier alpha value is -1.59. The number of rotatable bonds is 3. The fraction of sp³-hybridized carbons (Fsp3) is 0.462. The fourth-order valence-corrected chi connectivity index (χ4v) is 2.05. The van der Waals surface area contributed by atoms with Crippen LogP contribution in [0, 0.1) is 0 Å². The van der Waals surface area contributed by atoms with E-state index in [2.05, 4.69) is 5.32 Å². The van der Waals surface area contributed by atoms with Gasteiger partial charge in [0.25, 0.3) is 5.91 Å². The molecule has 0 spiro atoms. The van der Waals surface area contributed by atoms with Crippen LogP contribution in [0.15, 0.2) is 18.2 Å². The highest BCUT2D eigenvalue weighted by Crippen LogP contribution is 2.35. The van der Waals surface area contributed by atoms with E-state index in [0.717, 1.165) is 5.56 Å². The molecule has 0 saturated heterocycles. The number of nitrogens with one attached hydrogen (secondary N) is 1. The number of anilines is 1. The lowest BCUT2D eigenvalue weighted by Crippen LogP contribution is -2.42. The zero-order valence-corrected chi connectivity index (χ0v) is 10.8. The molecule has 1 aromatic rings. The number of nitrogens with zero attached hydrogens (tertiary/aromatic N) is 1. The van der Waals surface area contributed by atoms with Crippen LogP contribution in [0.25, 0.3) is 0 Å². The minimum atomic E-state index is -0.594. The van der Waals surface area contributed by atoms with Gasteiger partial charge < -0.3 is 20.1 Å². The van der Waals surface area contributed by atoms with Crippen LogP contribution < -0.4 is 15.0 Å². The number of hydrogen-bond acceptors (Lipinski definition) is 4. The van der Waals surface area contributed by atoms with Crippen LogP contribution in [0.3, 0.4) is 0 Å². The number of amides is 1. The Morgan fingerprint density at radius 1 is 1.56 bits per heavy atom. The number of hydrogen-bond donors (Lipinski definition) is 2. The van der Waals surface area contributed by atoms with Crippen LogP contribution in [-0.4, -0.2) is 37.8 Å². The maximum absolute atomic E-state index is 11.8. The molecule has 2 N–H and O–H groups in total. The molecule has 0 fully saturated rings. The normalized spacial score (nSPS) is 20.3. The summed E-state index contributed by atoms with van der Waals surface area (Å²) >= 11 is 0. The van der Waals surface area contributed by atoms with E-state index in [0.29, 0.717) is 18.0 Å². The third-order valence-corrected chi connectivity index (χ3v) is 3.11. The zero-order chi connectivity index (χ0) is 13.3. The molecule has 0 saturated carbocycles. The number of carbonyl (C=O) groups excluding carboxylic acids is 1. The number of ether oxygens (including phenoxy) is 1. The van der Waals surface area contributed by atoms with Crippen LogP contribution in [0.1, 0.15) is 18.6 Å². The van der Waals surface area contributed by atoms with Gasteiger partial charge in [0.2, 0.25) is 0 Å². The average Bonchev–Trinajstić information content (AvgIpc) is 2.36. The Labute approximate surface area is 106 Å². The van der Waals surface area contributed by atoms with Gasteiger partial charge in [-0.05, 0) is 31.7 Å². The predicted octanol–water partition coefficient (Wildman–Crippen LogP) is 0.683. The molecule has 1 heterocycles. The SMILES string of the molecule is CNCC(O)c1ccc2c(c1)N(C)C(=O)C(C)O2. The number of aliphatic hydroxyl groups excluding tert-OH is 1. The van der Waals surface area contributed by atoms with E-state index in [1.165, 1.54) is 0 Å². The van der Waals surface area contributed by atoms with E-state index in [1.54, 1.807) is 38.1 Å². The van der Waals surface area contributed by atoms with Gasteiger partial charge >= 0.3 is 0 Å². The minimum Gasteiger partial charge on any atom is -0.479 e. The van der Waals surface area contributed by atoms with Gasteiger partial charge in [-0.25, -0.2) is 0 Å². The van der Waals surface area contributed by atoms with Gasteiger partial charge in [-0.1, -0.05) is 6.07 Å². The van der Waals surface area contributed by atoms with Crippen molar-refractivity contribution in [1.29, 1.82) is 0 Å². The average molecular weight is 250 g/mol. The van der Waals surface area contributed by atoms with E-state index < -0.39 is 12.2 Å². The molecule has 5 nitrogen and oxygen atoms in total. The van der Waals surface area contributed by atoms with E-state index in [-0.39, 0.29) is 5.91 Å². The van der Waals surface area contributed by atoms with Crippen molar-refractivity contribution >= 4 is 11.6 Å². The van der Waals surface area contributed by atoms with Crippen molar-refractivity contribution in [3.05, 3.63) is 23.8 Å². The van der Waals surface area contributed by atoms with E-state index in [9.17, 15) is 9.90 Å². The quantitative estimate of drug-likeness (QED) is 0.828. The minimum absolute atomic E-state index is 0.0808. The van der Waals surface area contributed by atoms with Crippen LogP contribution in [0.2, 0.25) is 0 Å². The van der Waals surface area contributed by atoms with Crippen molar-refractivity contribution in [1.82, 2.24) is 5.32 Å². The highest BCUT2D eigenvalue weighted by molar-refractivity contribution is 5.99. The van der Waals surface area contributed by atoms with Gasteiger partial charge in [0.1, 0.15) is 5.75 Å². The Kier molecular flexibility index (Phi) is 3.54. The number of aliphatic hydroxyl groups is 1. The third kappa shape index (κ3) is 2.19. The molecule has 98 valence electrons. The van der Waals surface area contributed by atoms with Gasteiger partial charge in [-0.15, -0.1) is 0 Å². The fourth-order valence-electron chi connectivity index (χ4n) is 2.05. The maximum Gasteiger partial charge on any atom is 0.267 e. The van der Waals surface area contributed by atoms with Gasteiger partial charge in [0.15, 0.2) is 6.10 Å². The smallest absolute Gasteiger partial charge is 0.267 e. The summed E-state index contributed by atoms with van der Waals surface area (Å²) in [6.07, 6.45) is -1.06. The van der Waals surface area contributed by atoms with Crippen molar-refractivity contribution in [2.24, 2.45) is 0 Å². The Balaban J connectivity index is 2.34. The van der Waals surface area contributed by atoms with E-state index in [1.807, 2.05) is 6.07 Å². The van der Waals surface area contributed by atoms with Crippen LogP contribution in [0.5, 0.6) is 5.75 Å². The second-order valence-electron chi connectivity index (χ2n) is 4.46. The maximum atomic E-state index is 11.8. The van der Waals surface area contributed by atoms with Crippen molar-refractivity contribution < 1.29 is 14.6 Å². The number of fused-ring (bicyclic) bond motifs is 1. The van der Waals surface area contributed by atoms with Gasteiger partial charge in [-0.2, -0.15) is 0 Å². The lowest BCUT2D eigenvalue weighted by molar-refractivity contribution is -0.125. The summed E-state index contributed by atoms with van der Waals surface area (Å²) < 4.78 is 5.52. The molecule has 1 amide bonds. The van der Waals surface area contributed by atoms with Crippen molar-refractivity contribution in [2.75, 3.05) is 25.5 Å². The molecular formula is C13H18N2O3. The van der Waals surface area contributed by atoms with Gasteiger partial charge in [0.05, 0.1) is 11.8 Å². The highest BCUT2D eigenvalue weighted by atomic mass is 16.5. The molecule has 0 bridgehead atoms. The number of likely N-dealkylation sites (N-methyl/N-ethyl adjacent to an activating group) is 2. The molecule has 2 unspecified atom stereocenters. The molecule has 1 aromatic carbocycles.